The van der Waals surface area contributed by atoms with E-state index in [1.165, 1.54) is 0 Å². The number of furan rings is 1. The standard InChI is InChI=1S/C12Cl6F2O/c13-3-1-2-4(14)6(16)8(18)10(20)12(2)21-11(1)9(19)7(17)5(3)15. The Kier molecular flexibility index (Phi) is 3.89. The van der Waals surface area contributed by atoms with E-state index in [0.717, 1.165) is 0 Å². The highest BCUT2D eigenvalue weighted by atomic mass is 35.5. The third kappa shape index (κ3) is 2.03. The van der Waals surface area contributed by atoms with Gasteiger partial charge in [-0.3, -0.25) is 0 Å². The molecule has 3 rings (SSSR count). The summed E-state index contributed by atoms with van der Waals surface area (Å²) in [7, 11) is 0. The van der Waals surface area contributed by atoms with Crippen LogP contribution < -0.4 is 0 Å². The van der Waals surface area contributed by atoms with Crippen LogP contribution in [0.2, 0.25) is 30.1 Å². The molecule has 0 aliphatic carbocycles. The number of hydrogen-bond acceptors (Lipinski definition) is 1. The van der Waals surface area contributed by atoms with Crippen molar-refractivity contribution >= 4 is 91.5 Å². The van der Waals surface area contributed by atoms with Gasteiger partial charge in [0, 0.05) is 0 Å². The molecular formula is C12Cl6F2O. The second-order valence-corrected chi connectivity index (χ2v) is 6.29. The Morgan fingerprint density at radius 3 is 1.19 bits per heavy atom. The largest absolute Gasteiger partial charge is 0.450 e. The van der Waals surface area contributed by atoms with Gasteiger partial charge in [-0.05, 0) is 0 Å². The Morgan fingerprint density at radius 2 is 0.857 bits per heavy atom. The van der Waals surface area contributed by atoms with Gasteiger partial charge in [0.15, 0.2) is 22.8 Å². The second-order valence-electron chi connectivity index (χ2n) is 4.02. The molecule has 0 fully saturated rings. The molecule has 0 spiro atoms. The van der Waals surface area contributed by atoms with Gasteiger partial charge in [0.25, 0.3) is 0 Å². The van der Waals surface area contributed by atoms with E-state index in [1.807, 2.05) is 0 Å². The summed E-state index contributed by atoms with van der Waals surface area (Å²) in [6, 6.07) is 0. The topological polar surface area (TPSA) is 13.1 Å². The van der Waals surface area contributed by atoms with Crippen LogP contribution in [0.15, 0.2) is 4.42 Å². The van der Waals surface area contributed by atoms with Gasteiger partial charge in [-0.1, -0.05) is 69.6 Å². The Bertz CT molecular complexity index is 859. The Balaban J connectivity index is 2.73. The molecule has 0 saturated heterocycles. The van der Waals surface area contributed by atoms with Gasteiger partial charge < -0.3 is 4.42 Å². The van der Waals surface area contributed by atoms with Gasteiger partial charge >= 0.3 is 0 Å². The quantitative estimate of drug-likeness (QED) is 0.272. The van der Waals surface area contributed by atoms with Crippen molar-refractivity contribution in [2.45, 2.75) is 0 Å². The summed E-state index contributed by atoms with van der Waals surface area (Å²) in [5.74, 6) is -1.97. The number of rotatable bonds is 0. The van der Waals surface area contributed by atoms with Gasteiger partial charge in [-0.2, -0.15) is 0 Å². The van der Waals surface area contributed by atoms with Crippen LogP contribution >= 0.6 is 69.6 Å². The molecule has 0 atom stereocenters. The van der Waals surface area contributed by atoms with E-state index < -0.39 is 21.7 Å². The molecule has 0 aliphatic heterocycles. The smallest absolute Gasteiger partial charge is 0.186 e. The summed E-state index contributed by atoms with van der Waals surface area (Å²) >= 11 is 35.2. The average Bonchev–Trinajstić information content (AvgIpc) is 2.87. The minimum absolute atomic E-state index is 0.0268. The molecule has 0 bridgehead atoms. The SMILES string of the molecule is Fc1c(Cl)c(Cl)c(Cl)c2c1oc1c(F)c(Cl)c(Cl)c(Cl)c12. The van der Waals surface area contributed by atoms with Gasteiger partial charge in [0.05, 0.1) is 30.9 Å². The number of hydrogen-bond donors (Lipinski definition) is 0. The van der Waals surface area contributed by atoms with Crippen LogP contribution in [0.25, 0.3) is 21.9 Å². The summed E-state index contributed by atoms with van der Waals surface area (Å²) in [4.78, 5) is 0. The van der Waals surface area contributed by atoms with Crippen LogP contribution in [-0.4, -0.2) is 0 Å². The van der Waals surface area contributed by atoms with E-state index in [4.69, 9.17) is 74.0 Å². The normalized spacial score (nSPS) is 11.8. The van der Waals surface area contributed by atoms with E-state index >= 15 is 0 Å². The third-order valence-corrected chi connectivity index (χ3v) is 5.51. The molecule has 0 unspecified atom stereocenters. The van der Waals surface area contributed by atoms with E-state index in [-0.39, 0.29) is 42.0 Å². The van der Waals surface area contributed by atoms with Gasteiger partial charge in [0.1, 0.15) is 10.0 Å². The maximum Gasteiger partial charge on any atom is 0.186 e. The Hall–Kier alpha value is -0.160. The fourth-order valence-corrected chi connectivity index (χ4v) is 3.33. The van der Waals surface area contributed by atoms with Crippen molar-refractivity contribution in [2.24, 2.45) is 0 Å². The lowest BCUT2D eigenvalue weighted by Gasteiger charge is -2.04. The first-order chi connectivity index (χ1) is 9.77. The molecule has 0 radical (unpaired) electrons. The van der Waals surface area contributed by atoms with Crippen molar-refractivity contribution in [1.82, 2.24) is 0 Å². The molecular weight excluding hydrogens is 411 g/mol. The van der Waals surface area contributed by atoms with Gasteiger partial charge in [-0.25, -0.2) is 8.78 Å². The highest BCUT2D eigenvalue weighted by Crippen LogP contribution is 2.49. The zero-order valence-corrected chi connectivity index (χ0v) is 14.0. The first-order valence-corrected chi connectivity index (χ1v) is 7.44. The predicted octanol–water partition coefficient (Wildman–Crippen LogP) is 7.78. The molecule has 1 aromatic heterocycles. The molecule has 1 heterocycles. The predicted molar refractivity (Wildman–Crippen MR) is 83.7 cm³/mol. The van der Waals surface area contributed by atoms with Crippen molar-refractivity contribution < 1.29 is 13.2 Å². The molecule has 0 aliphatic rings. The number of benzene rings is 2. The number of fused-ring (bicyclic) bond motifs is 3. The molecule has 0 saturated carbocycles. The minimum Gasteiger partial charge on any atom is -0.450 e. The maximum absolute atomic E-state index is 14.1. The van der Waals surface area contributed by atoms with E-state index in [0.29, 0.717) is 0 Å². The van der Waals surface area contributed by atoms with Gasteiger partial charge in [-0.15, -0.1) is 0 Å². The van der Waals surface area contributed by atoms with Crippen molar-refractivity contribution in [1.29, 1.82) is 0 Å². The fourth-order valence-electron chi connectivity index (χ4n) is 1.96. The lowest BCUT2D eigenvalue weighted by molar-refractivity contribution is 0.558. The second kappa shape index (κ2) is 5.19. The summed E-state index contributed by atoms with van der Waals surface area (Å²) in [5, 5.41) is -1.68. The zero-order valence-electron chi connectivity index (χ0n) is 9.43. The highest BCUT2D eigenvalue weighted by molar-refractivity contribution is 6.54. The highest BCUT2D eigenvalue weighted by Gasteiger charge is 2.27. The van der Waals surface area contributed by atoms with Crippen LogP contribution in [0, 0.1) is 11.6 Å². The fraction of sp³-hybridized carbons (Fsp3) is 0. The lowest BCUT2D eigenvalue weighted by atomic mass is 10.1. The Labute approximate surface area is 146 Å². The molecule has 0 amide bonds. The van der Waals surface area contributed by atoms with Crippen LogP contribution in [0.3, 0.4) is 0 Å². The van der Waals surface area contributed by atoms with Crippen molar-refractivity contribution in [3.05, 3.63) is 41.8 Å². The lowest BCUT2D eigenvalue weighted by Crippen LogP contribution is -1.84. The molecule has 1 nitrogen and oxygen atoms in total. The van der Waals surface area contributed by atoms with Crippen molar-refractivity contribution in [3.8, 4) is 0 Å². The molecule has 3 aromatic rings. The minimum atomic E-state index is -0.986. The molecule has 0 N–H and O–H groups in total. The molecule has 9 heteroatoms. The molecule has 2 aromatic carbocycles. The van der Waals surface area contributed by atoms with Crippen LogP contribution in [0.4, 0.5) is 8.78 Å². The van der Waals surface area contributed by atoms with E-state index in [2.05, 4.69) is 0 Å². The summed E-state index contributed by atoms with van der Waals surface area (Å²) in [6.45, 7) is 0. The van der Waals surface area contributed by atoms with Gasteiger partial charge in [0.2, 0.25) is 0 Å². The van der Waals surface area contributed by atoms with Crippen molar-refractivity contribution in [2.75, 3.05) is 0 Å². The average molecular weight is 411 g/mol. The van der Waals surface area contributed by atoms with E-state index in [1.54, 1.807) is 0 Å². The maximum atomic E-state index is 14.1. The monoisotopic (exact) mass is 408 g/mol. The molecule has 21 heavy (non-hydrogen) atoms. The van der Waals surface area contributed by atoms with Crippen LogP contribution in [-0.2, 0) is 0 Å². The van der Waals surface area contributed by atoms with E-state index in [9.17, 15) is 8.78 Å². The zero-order chi connectivity index (χ0) is 15.6. The molecule has 110 valence electrons. The first kappa shape index (κ1) is 15.7. The Morgan fingerprint density at radius 1 is 0.524 bits per heavy atom. The number of halogens is 8. The summed E-state index contributed by atoms with van der Waals surface area (Å²) < 4.78 is 33.4. The van der Waals surface area contributed by atoms with Crippen molar-refractivity contribution in [3.63, 3.8) is 0 Å². The van der Waals surface area contributed by atoms with Crippen LogP contribution in [0.1, 0.15) is 0 Å². The first-order valence-electron chi connectivity index (χ1n) is 5.17. The van der Waals surface area contributed by atoms with Crippen LogP contribution in [0.5, 0.6) is 0 Å². The third-order valence-electron chi connectivity index (χ3n) is 2.90. The summed E-state index contributed by atoms with van der Waals surface area (Å²) in [6.07, 6.45) is 0. The summed E-state index contributed by atoms with van der Waals surface area (Å²) in [5.41, 5.74) is -0.771.